The average Bonchev–Trinajstić information content (AvgIpc) is 2.61. The summed E-state index contributed by atoms with van der Waals surface area (Å²) in [6, 6.07) is 14.5. The molecule has 0 saturated carbocycles. The van der Waals surface area contributed by atoms with Crippen LogP contribution in [0.15, 0.2) is 41.4 Å². The minimum Gasteiger partial charge on any atom is -0.383 e. The summed E-state index contributed by atoms with van der Waals surface area (Å²) < 4.78 is 0. The van der Waals surface area contributed by atoms with Gasteiger partial charge in [-0.1, -0.05) is 30.0 Å². The number of hydrogen-bond donors (Lipinski definition) is 1. The summed E-state index contributed by atoms with van der Waals surface area (Å²) in [5.74, 6) is -0.0742. The summed E-state index contributed by atoms with van der Waals surface area (Å²) in [5.41, 5.74) is 6.87. The first kappa shape index (κ1) is 17.3. The lowest BCUT2D eigenvalue weighted by Gasteiger charge is -2.21. The van der Waals surface area contributed by atoms with E-state index in [4.69, 9.17) is 11.0 Å². The Morgan fingerprint density at radius 3 is 2.46 bits per heavy atom. The third-order valence-electron chi connectivity index (χ3n) is 3.37. The number of nitrogens with zero attached hydrogens (tertiary/aromatic N) is 4. The van der Waals surface area contributed by atoms with Crippen molar-refractivity contribution in [3.63, 3.8) is 0 Å². The van der Waals surface area contributed by atoms with E-state index >= 15 is 0 Å². The van der Waals surface area contributed by atoms with Gasteiger partial charge in [0.1, 0.15) is 23.0 Å². The molecule has 0 spiro atoms. The zero-order chi connectivity index (χ0) is 17.7. The number of nitrogens with two attached hydrogens (primary N) is 1. The van der Waals surface area contributed by atoms with Crippen molar-refractivity contribution in [1.29, 1.82) is 10.5 Å². The smallest absolute Gasteiger partial charge is 0.239 e. The molecule has 1 unspecified atom stereocenters. The van der Waals surface area contributed by atoms with Crippen LogP contribution >= 0.6 is 11.8 Å². The largest absolute Gasteiger partial charge is 0.383 e. The Kier molecular flexibility index (Phi) is 5.41. The zero-order valence-electron chi connectivity index (χ0n) is 13.2. The number of pyridine rings is 1. The molecular weight excluding hydrogens is 322 g/mol. The van der Waals surface area contributed by atoms with Crippen LogP contribution < -0.4 is 10.6 Å². The molecule has 0 aliphatic rings. The van der Waals surface area contributed by atoms with E-state index in [0.29, 0.717) is 5.03 Å². The van der Waals surface area contributed by atoms with Crippen molar-refractivity contribution in [2.45, 2.75) is 17.2 Å². The summed E-state index contributed by atoms with van der Waals surface area (Å²) in [6.07, 6.45) is 0. The number of benzene rings is 1. The molecular formula is C17H15N5OS. The standard InChI is InChI=1S/C17H15N5OS/c1-11(17(23)22(2)14-6-4-3-5-7-14)24-16-13(10-19)8-12(9-18)15(20)21-16/h3-8,11H,1-2H3,(H2,20,21). The molecule has 1 aromatic heterocycles. The third-order valence-corrected chi connectivity index (χ3v) is 4.46. The first-order valence-electron chi connectivity index (χ1n) is 7.08. The van der Waals surface area contributed by atoms with Gasteiger partial charge in [0.15, 0.2) is 0 Å². The number of hydrogen-bond acceptors (Lipinski definition) is 6. The second kappa shape index (κ2) is 7.49. The van der Waals surface area contributed by atoms with Crippen LogP contribution in [0.1, 0.15) is 18.1 Å². The number of nitriles is 2. The lowest BCUT2D eigenvalue weighted by Crippen LogP contribution is -2.33. The van der Waals surface area contributed by atoms with Crippen molar-refractivity contribution < 1.29 is 4.79 Å². The highest BCUT2D eigenvalue weighted by molar-refractivity contribution is 8.00. The fourth-order valence-corrected chi connectivity index (χ4v) is 3.02. The maximum Gasteiger partial charge on any atom is 0.239 e. The van der Waals surface area contributed by atoms with Gasteiger partial charge in [-0.15, -0.1) is 0 Å². The molecule has 0 fully saturated rings. The van der Waals surface area contributed by atoms with Crippen molar-refractivity contribution in [2.75, 3.05) is 17.7 Å². The van der Waals surface area contributed by atoms with Crippen LogP contribution in [0.3, 0.4) is 0 Å². The number of nitrogen functional groups attached to an aromatic ring is 1. The van der Waals surface area contributed by atoms with Gasteiger partial charge in [0.25, 0.3) is 0 Å². The summed E-state index contributed by atoms with van der Waals surface area (Å²) in [4.78, 5) is 18.2. The second-order valence-corrected chi connectivity index (χ2v) is 6.32. The predicted molar refractivity (Wildman–Crippen MR) is 93.3 cm³/mol. The molecule has 1 atom stereocenters. The van der Waals surface area contributed by atoms with E-state index in [-0.39, 0.29) is 22.9 Å². The summed E-state index contributed by atoms with van der Waals surface area (Å²) in [5, 5.41) is 18.0. The number of para-hydroxylation sites is 1. The molecule has 6 nitrogen and oxygen atoms in total. The van der Waals surface area contributed by atoms with E-state index in [2.05, 4.69) is 4.98 Å². The zero-order valence-corrected chi connectivity index (χ0v) is 14.0. The average molecular weight is 337 g/mol. The van der Waals surface area contributed by atoms with Crippen LogP contribution in [0.4, 0.5) is 11.5 Å². The van der Waals surface area contributed by atoms with Crippen LogP contribution in [0.2, 0.25) is 0 Å². The number of carbonyl (C=O) groups excluding carboxylic acids is 1. The molecule has 1 heterocycles. The van der Waals surface area contributed by atoms with Crippen LogP contribution in [-0.2, 0) is 4.79 Å². The molecule has 0 bridgehead atoms. The highest BCUT2D eigenvalue weighted by atomic mass is 32.2. The fourth-order valence-electron chi connectivity index (χ4n) is 2.04. The van der Waals surface area contributed by atoms with Gasteiger partial charge in [0.05, 0.1) is 16.4 Å². The summed E-state index contributed by atoms with van der Waals surface area (Å²) in [7, 11) is 1.69. The SMILES string of the molecule is CC(Sc1nc(N)c(C#N)cc1C#N)C(=O)N(C)c1ccccc1. The highest BCUT2D eigenvalue weighted by Crippen LogP contribution is 2.29. The molecule has 0 aliphatic carbocycles. The minimum absolute atomic E-state index is 0.0510. The van der Waals surface area contributed by atoms with Crippen molar-refractivity contribution in [2.24, 2.45) is 0 Å². The van der Waals surface area contributed by atoms with Gasteiger partial charge < -0.3 is 10.6 Å². The Morgan fingerprint density at radius 1 is 1.25 bits per heavy atom. The second-order valence-electron chi connectivity index (χ2n) is 4.99. The fraction of sp³-hybridized carbons (Fsp3) is 0.176. The number of thioether (sulfide) groups is 1. The minimum atomic E-state index is -0.470. The maximum absolute atomic E-state index is 12.6. The van der Waals surface area contributed by atoms with E-state index in [9.17, 15) is 10.1 Å². The Bertz CT molecular complexity index is 839. The predicted octanol–water partition coefficient (Wildman–Crippen LogP) is 2.55. The molecule has 0 radical (unpaired) electrons. The number of rotatable bonds is 4. The van der Waals surface area contributed by atoms with Crippen molar-refractivity contribution in [1.82, 2.24) is 4.98 Å². The van der Waals surface area contributed by atoms with Crippen LogP contribution in [-0.4, -0.2) is 23.2 Å². The van der Waals surface area contributed by atoms with Gasteiger partial charge in [-0.3, -0.25) is 4.79 Å². The molecule has 1 aromatic carbocycles. The molecule has 7 heteroatoms. The molecule has 2 N–H and O–H groups in total. The number of carbonyl (C=O) groups is 1. The number of anilines is 2. The van der Waals surface area contributed by atoms with E-state index in [1.807, 2.05) is 42.5 Å². The van der Waals surface area contributed by atoms with E-state index in [0.717, 1.165) is 17.4 Å². The highest BCUT2D eigenvalue weighted by Gasteiger charge is 2.22. The van der Waals surface area contributed by atoms with Crippen LogP contribution in [0, 0.1) is 22.7 Å². The van der Waals surface area contributed by atoms with Gasteiger partial charge in [0.2, 0.25) is 5.91 Å². The Labute approximate surface area is 144 Å². The Balaban J connectivity index is 2.22. The lowest BCUT2D eigenvalue weighted by atomic mass is 10.2. The Morgan fingerprint density at radius 2 is 1.88 bits per heavy atom. The molecule has 0 aliphatic heterocycles. The molecule has 2 rings (SSSR count). The topological polar surface area (TPSA) is 107 Å². The molecule has 24 heavy (non-hydrogen) atoms. The monoisotopic (exact) mass is 337 g/mol. The Hall–Kier alpha value is -3.03. The third kappa shape index (κ3) is 3.65. The van der Waals surface area contributed by atoms with Crippen LogP contribution in [0.5, 0.6) is 0 Å². The summed E-state index contributed by atoms with van der Waals surface area (Å²) in [6.45, 7) is 1.74. The molecule has 1 amide bonds. The number of aromatic nitrogens is 1. The van der Waals surface area contributed by atoms with Crippen LogP contribution in [0.25, 0.3) is 0 Å². The van der Waals surface area contributed by atoms with Gasteiger partial charge >= 0.3 is 0 Å². The molecule has 120 valence electrons. The first-order chi connectivity index (χ1) is 11.5. The first-order valence-corrected chi connectivity index (χ1v) is 7.96. The van der Waals surface area contributed by atoms with Gasteiger partial charge in [-0.2, -0.15) is 10.5 Å². The van der Waals surface area contributed by atoms with Crippen molar-refractivity contribution in [3.8, 4) is 12.1 Å². The van der Waals surface area contributed by atoms with E-state index in [1.54, 1.807) is 18.9 Å². The van der Waals surface area contributed by atoms with E-state index in [1.165, 1.54) is 6.07 Å². The van der Waals surface area contributed by atoms with E-state index < -0.39 is 5.25 Å². The number of amides is 1. The quantitative estimate of drug-likeness (QED) is 0.859. The van der Waals surface area contributed by atoms with Crippen molar-refractivity contribution >= 4 is 29.2 Å². The van der Waals surface area contributed by atoms with Crippen molar-refractivity contribution in [3.05, 3.63) is 47.5 Å². The molecule has 0 saturated heterocycles. The van der Waals surface area contributed by atoms with Gasteiger partial charge in [-0.05, 0) is 25.1 Å². The van der Waals surface area contributed by atoms with Gasteiger partial charge in [0, 0.05) is 12.7 Å². The lowest BCUT2D eigenvalue weighted by molar-refractivity contribution is -0.117. The summed E-state index contributed by atoms with van der Waals surface area (Å²) >= 11 is 1.15. The molecule has 2 aromatic rings. The maximum atomic E-state index is 12.6. The normalized spacial score (nSPS) is 11.2. The van der Waals surface area contributed by atoms with Gasteiger partial charge in [-0.25, -0.2) is 4.98 Å².